The van der Waals surface area contributed by atoms with Gasteiger partial charge in [0.1, 0.15) is 20.2 Å². The highest BCUT2D eigenvalue weighted by molar-refractivity contribution is 6.87. The maximum absolute atomic E-state index is 12.1. The molecule has 0 aliphatic rings. The molecule has 0 atom stereocenters. The molecule has 4 nitrogen and oxygen atoms in total. The molecule has 2 aromatic rings. The summed E-state index contributed by atoms with van der Waals surface area (Å²) in [5, 5.41) is 0.798. The van der Waals surface area contributed by atoms with Crippen LogP contribution in [0.25, 0.3) is 10.9 Å². The molecular weight excluding hydrogens is 318 g/mol. The van der Waals surface area contributed by atoms with E-state index in [1.165, 1.54) is 7.11 Å². The van der Waals surface area contributed by atoms with Crippen molar-refractivity contribution in [2.24, 2.45) is 0 Å². The Labute approximate surface area is 144 Å². The van der Waals surface area contributed by atoms with E-state index >= 15 is 0 Å². The predicted molar refractivity (Wildman–Crippen MR) is 100 cm³/mol. The smallest absolute Gasteiger partial charge is 0.344 e. The summed E-state index contributed by atoms with van der Waals surface area (Å²) in [6.45, 7) is 6.94. The third-order valence-electron chi connectivity index (χ3n) is 4.73. The summed E-state index contributed by atoms with van der Waals surface area (Å²) in [5.41, 5.74) is 4.76. The van der Waals surface area contributed by atoms with Crippen molar-refractivity contribution in [2.45, 2.75) is 38.9 Å². The van der Waals surface area contributed by atoms with Crippen LogP contribution in [0.3, 0.4) is 0 Å². The molecule has 128 valence electrons. The van der Waals surface area contributed by atoms with E-state index in [4.69, 9.17) is 9.47 Å². The number of fused-ring (bicyclic) bond motifs is 1. The third kappa shape index (κ3) is 3.65. The fourth-order valence-corrected chi connectivity index (χ4v) is 5.35. The fraction of sp³-hybridized carbons (Fsp3) is 0.421. The van der Waals surface area contributed by atoms with Crippen LogP contribution in [-0.2, 0) is 4.74 Å². The molecule has 0 saturated carbocycles. The Balaban J connectivity index is 2.24. The molecule has 0 spiro atoms. The SMILES string of the molecule is CC[Si](C#CCOc1[nH]c2ccccc2c1C(=O)OC)(CC)CC. The number of esters is 1. The molecule has 5 heteroatoms. The molecule has 0 bridgehead atoms. The summed E-state index contributed by atoms with van der Waals surface area (Å²) in [6, 6.07) is 11.1. The lowest BCUT2D eigenvalue weighted by Gasteiger charge is -2.20. The van der Waals surface area contributed by atoms with E-state index < -0.39 is 14.0 Å². The van der Waals surface area contributed by atoms with Gasteiger partial charge in [0.05, 0.1) is 7.11 Å². The van der Waals surface area contributed by atoms with E-state index in [0.717, 1.165) is 29.0 Å². The number of H-pyrrole nitrogens is 1. The molecule has 1 heterocycles. The molecule has 1 aromatic carbocycles. The van der Waals surface area contributed by atoms with Gasteiger partial charge in [0.15, 0.2) is 0 Å². The number of carbonyl (C=O) groups excluding carboxylic acids is 1. The number of aromatic amines is 1. The van der Waals surface area contributed by atoms with Crippen LogP contribution < -0.4 is 4.74 Å². The minimum atomic E-state index is -1.47. The first kappa shape index (κ1) is 18.1. The van der Waals surface area contributed by atoms with Crippen LogP contribution in [0, 0.1) is 11.5 Å². The van der Waals surface area contributed by atoms with E-state index in [9.17, 15) is 4.79 Å². The van der Waals surface area contributed by atoms with Crippen molar-refractivity contribution in [1.82, 2.24) is 4.98 Å². The Morgan fingerprint density at radius 2 is 1.83 bits per heavy atom. The van der Waals surface area contributed by atoms with E-state index in [-0.39, 0.29) is 6.61 Å². The van der Waals surface area contributed by atoms with E-state index in [1.54, 1.807) is 0 Å². The van der Waals surface area contributed by atoms with Crippen molar-refractivity contribution in [2.75, 3.05) is 13.7 Å². The highest BCUT2D eigenvalue weighted by Crippen LogP contribution is 2.28. The number of hydrogen-bond donors (Lipinski definition) is 1. The average molecular weight is 343 g/mol. The minimum Gasteiger partial charge on any atom is -0.465 e. The van der Waals surface area contributed by atoms with Gasteiger partial charge in [-0.15, -0.1) is 5.54 Å². The van der Waals surface area contributed by atoms with Gasteiger partial charge in [-0.2, -0.15) is 0 Å². The van der Waals surface area contributed by atoms with Crippen LogP contribution in [0.4, 0.5) is 0 Å². The molecule has 2 rings (SSSR count). The van der Waals surface area contributed by atoms with Crippen molar-refractivity contribution >= 4 is 24.9 Å². The lowest BCUT2D eigenvalue weighted by Crippen LogP contribution is -2.29. The van der Waals surface area contributed by atoms with Gasteiger partial charge in [-0.1, -0.05) is 44.9 Å². The van der Waals surface area contributed by atoms with Crippen molar-refractivity contribution in [3.8, 4) is 17.3 Å². The quantitative estimate of drug-likeness (QED) is 0.481. The number of para-hydroxylation sites is 1. The Morgan fingerprint density at radius 3 is 2.46 bits per heavy atom. The zero-order valence-corrected chi connectivity index (χ0v) is 15.9. The van der Waals surface area contributed by atoms with Gasteiger partial charge >= 0.3 is 5.97 Å². The molecule has 0 radical (unpaired) electrons. The Hall–Kier alpha value is -2.19. The van der Waals surface area contributed by atoms with Gasteiger partial charge < -0.3 is 14.5 Å². The third-order valence-corrected chi connectivity index (χ3v) is 9.50. The highest BCUT2D eigenvalue weighted by Gasteiger charge is 2.24. The number of aromatic nitrogens is 1. The van der Waals surface area contributed by atoms with Crippen molar-refractivity contribution in [3.63, 3.8) is 0 Å². The van der Waals surface area contributed by atoms with Crippen LogP contribution in [0.1, 0.15) is 31.1 Å². The molecule has 1 aromatic heterocycles. The second kappa shape index (κ2) is 8.07. The Kier molecular flexibility index (Phi) is 6.10. The first-order valence-electron chi connectivity index (χ1n) is 8.42. The minimum absolute atomic E-state index is 0.269. The van der Waals surface area contributed by atoms with Gasteiger partial charge in [-0.3, -0.25) is 0 Å². The van der Waals surface area contributed by atoms with Crippen molar-refractivity contribution in [3.05, 3.63) is 29.8 Å². The van der Waals surface area contributed by atoms with Crippen LogP contribution >= 0.6 is 0 Å². The number of nitrogens with one attached hydrogen (secondary N) is 1. The molecule has 0 aliphatic heterocycles. The monoisotopic (exact) mass is 343 g/mol. The van der Waals surface area contributed by atoms with Crippen LogP contribution in [-0.4, -0.2) is 32.7 Å². The van der Waals surface area contributed by atoms with Crippen LogP contribution in [0.15, 0.2) is 24.3 Å². The highest BCUT2D eigenvalue weighted by atomic mass is 28.3. The van der Waals surface area contributed by atoms with Gasteiger partial charge in [-0.25, -0.2) is 4.79 Å². The number of carbonyl (C=O) groups is 1. The van der Waals surface area contributed by atoms with E-state index in [1.807, 2.05) is 24.3 Å². The number of methoxy groups -OCH3 is 1. The summed E-state index contributed by atoms with van der Waals surface area (Å²) in [7, 11) is -0.100. The maximum atomic E-state index is 12.1. The van der Waals surface area contributed by atoms with Gasteiger partial charge in [0.2, 0.25) is 5.88 Å². The lowest BCUT2D eigenvalue weighted by molar-refractivity contribution is 0.0599. The molecule has 24 heavy (non-hydrogen) atoms. The normalized spacial score (nSPS) is 11.0. The molecule has 0 unspecified atom stereocenters. The van der Waals surface area contributed by atoms with E-state index in [0.29, 0.717) is 11.4 Å². The van der Waals surface area contributed by atoms with Crippen LogP contribution in [0.5, 0.6) is 5.88 Å². The lowest BCUT2D eigenvalue weighted by atomic mass is 10.2. The van der Waals surface area contributed by atoms with Gasteiger partial charge in [0, 0.05) is 10.9 Å². The standard InChI is InChI=1S/C19H25NO3Si/c1-5-24(6-2,7-3)14-10-13-23-18-17(19(21)22-4)15-11-8-9-12-16(15)20-18/h8-9,11-12,20H,5-7,13H2,1-4H3. The topological polar surface area (TPSA) is 51.3 Å². The fourth-order valence-electron chi connectivity index (χ4n) is 2.88. The first-order chi connectivity index (χ1) is 11.6. The zero-order chi connectivity index (χ0) is 17.6. The van der Waals surface area contributed by atoms with Gasteiger partial charge in [0.25, 0.3) is 0 Å². The largest absolute Gasteiger partial charge is 0.465 e. The summed E-state index contributed by atoms with van der Waals surface area (Å²) < 4.78 is 10.7. The maximum Gasteiger partial charge on any atom is 0.344 e. The summed E-state index contributed by atoms with van der Waals surface area (Å²) >= 11 is 0. The second-order valence-electron chi connectivity index (χ2n) is 5.80. The summed E-state index contributed by atoms with van der Waals surface area (Å²) in [4.78, 5) is 15.2. The van der Waals surface area contributed by atoms with Gasteiger partial charge in [-0.05, 0) is 24.2 Å². The molecule has 0 fully saturated rings. The number of rotatable bonds is 6. The predicted octanol–water partition coefficient (Wildman–Crippen LogP) is 4.38. The number of hydrogen-bond acceptors (Lipinski definition) is 3. The summed E-state index contributed by atoms with van der Waals surface area (Å²) in [6.07, 6.45) is 0. The Bertz CT molecular complexity index is 757. The summed E-state index contributed by atoms with van der Waals surface area (Å²) in [5.74, 6) is 3.19. The molecular formula is C19H25NO3Si. The van der Waals surface area contributed by atoms with E-state index in [2.05, 4.69) is 37.2 Å². The molecule has 0 saturated heterocycles. The van der Waals surface area contributed by atoms with Crippen LogP contribution in [0.2, 0.25) is 18.1 Å². The Morgan fingerprint density at radius 1 is 1.17 bits per heavy atom. The first-order valence-corrected chi connectivity index (χ1v) is 11.0. The van der Waals surface area contributed by atoms with Crippen molar-refractivity contribution in [1.29, 1.82) is 0 Å². The number of ether oxygens (including phenoxy) is 2. The second-order valence-corrected chi connectivity index (χ2v) is 10.7. The molecule has 0 aliphatic carbocycles. The zero-order valence-electron chi connectivity index (χ0n) is 14.9. The average Bonchev–Trinajstić information content (AvgIpc) is 3.00. The molecule has 0 amide bonds. The molecule has 1 N–H and O–H groups in total. The number of benzene rings is 1. The van der Waals surface area contributed by atoms with Crippen molar-refractivity contribution < 1.29 is 14.3 Å².